The second kappa shape index (κ2) is 6.66. The van der Waals surface area contributed by atoms with Gasteiger partial charge in [-0.2, -0.15) is 0 Å². The van der Waals surface area contributed by atoms with Crippen molar-refractivity contribution in [3.63, 3.8) is 0 Å². The standard InChI is InChI=1S/C16H18FNOS/c1-12-8-9-20-15(12)11-18(2)16(19)7-6-13-4-3-5-14(17)10-13/h3-5,8-10H,6-7,11H2,1-2H3. The van der Waals surface area contributed by atoms with Crippen molar-refractivity contribution in [2.45, 2.75) is 26.3 Å². The van der Waals surface area contributed by atoms with E-state index < -0.39 is 0 Å². The van der Waals surface area contributed by atoms with Crippen LogP contribution < -0.4 is 0 Å². The van der Waals surface area contributed by atoms with E-state index in [0.717, 1.165) is 5.56 Å². The van der Waals surface area contributed by atoms with Gasteiger partial charge in [-0.15, -0.1) is 11.3 Å². The molecule has 0 aliphatic carbocycles. The van der Waals surface area contributed by atoms with Crippen LogP contribution in [0, 0.1) is 12.7 Å². The summed E-state index contributed by atoms with van der Waals surface area (Å²) in [5, 5.41) is 2.04. The zero-order chi connectivity index (χ0) is 14.5. The normalized spacial score (nSPS) is 10.6. The highest BCUT2D eigenvalue weighted by atomic mass is 32.1. The first kappa shape index (κ1) is 14.7. The van der Waals surface area contributed by atoms with Crippen molar-refractivity contribution in [3.8, 4) is 0 Å². The summed E-state index contributed by atoms with van der Waals surface area (Å²) in [7, 11) is 1.81. The lowest BCUT2D eigenvalue weighted by Gasteiger charge is -2.17. The fourth-order valence-electron chi connectivity index (χ4n) is 2.00. The molecule has 0 spiro atoms. The largest absolute Gasteiger partial charge is 0.341 e. The second-order valence-corrected chi connectivity index (χ2v) is 5.91. The molecule has 1 aromatic heterocycles. The Bertz CT molecular complexity index is 594. The first-order valence-electron chi connectivity index (χ1n) is 6.57. The van der Waals surface area contributed by atoms with Gasteiger partial charge < -0.3 is 4.90 Å². The highest BCUT2D eigenvalue weighted by Crippen LogP contribution is 2.17. The summed E-state index contributed by atoms with van der Waals surface area (Å²) in [5.41, 5.74) is 2.08. The van der Waals surface area contributed by atoms with Gasteiger partial charge in [-0.3, -0.25) is 4.79 Å². The fraction of sp³-hybridized carbons (Fsp3) is 0.312. The Balaban J connectivity index is 1.87. The molecule has 0 unspecified atom stereocenters. The van der Waals surface area contributed by atoms with Gasteiger partial charge in [0.05, 0.1) is 6.54 Å². The summed E-state index contributed by atoms with van der Waals surface area (Å²) < 4.78 is 13.1. The van der Waals surface area contributed by atoms with E-state index in [2.05, 4.69) is 13.0 Å². The van der Waals surface area contributed by atoms with Crippen molar-refractivity contribution < 1.29 is 9.18 Å². The number of halogens is 1. The Kier molecular flexibility index (Phi) is 4.90. The molecule has 0 N–H and O–H groups in total. The third kappa shape index (κ3) is 3.90. The molecule has 1 amide bonds. The van der Waals surface area contributed by atoms with Gasteiger partial charge in [-0.05, 0) is 48.1 Å². The van der Waals surface area contributed by atoms with Gasteiger partial charge >= 0.3 is 0 Å². The van der Waals surface area contributed by atoms with Gasteiger partial charge in [-0.25, -0.2) is 4.39 Å². The molecule has 0 aliphatic heterocycles. The number of carbonyl (C=O) groups is 1. The number of rotatable bonds is 5. The summed E-state index contributed by atoms with van der Waals surface area (Å²) in [4.78, 5) is 15.0. The third-order valence-electron chi connectivity index (χ3n) is 3.29. The Labute approximate surface area is 122 Å². The molecule has 2 aromatic rings. The SMILES string of the molecule is Cc1ccsc1CN(C)C(=O)CCc1cccc(F)c1. The maximum Gasteiger partial charge on any atom is 0.222 e. The Morgan fingerprint density at radius 2 is 2.15 bits per heavy atom. The number of hydrogen-bond acceptors (Lipinski definition) is 2. The molecule has 0 saturated carbocycles. The second-order valence-electron chi connectivity index (χ2n) is 4.91. The van der Waals surface area contributed by atoms with Crippen molar-refractivity contribution in [1.29, 1.82) is 0 Å². The minimum absolute atomic E-state index is 0.0852. The first-order chi connectivity index (χ1) is 9.56. The van der Waals surface area contributed by atoms with Crippen LogP contribution in [0.5, 0.6) is 0 Å². The van der Waals surface area contributed by atoms with Gasteiger partial charge in [0, 0.05) is 18.3 Å². The summed E-state index contributed by atoms with van der Waals surface area (Å²) in [5.74, 6) is -0.167. The fourth-order valence-corrected chi connectivity index (χ4v) is 2.96. The lowest BCUT2D eigenvalue weighted by atomic mass is 10.1. The van der Waals surface area contributed by atoms with E-state index in [1.165, 1.54) is 22.6 Å². The van der Waals surface area contributed by atoms with Gasteiger partial charge in [0.25, 0.3) is 0 Å². The molecule has 4 heteroatoms. The van der Waals surface area contributed by atoms with Gasteiger partial charge in [0.15, 0.2) is 0 Å². The van der Waals surface area contributed by atoms with Gasteiger partial charge in [0.2, 0.25) is 5.91 Å². The minimum atomic E-state index is -0.252. The Morgan fingerprint density at radius 1 is 1.35 bits per heavy atom. The smallest absolute Gasteiger partial charge is 0.222 e. The number of amides is 1. The Morgan fingerprint density at radius 3 is 2.80 bits per heavy atom. The molecular weight excluding hydrogens is 273 g/mol. The molecule has 0 fully saturated rings. The maximum atomic E-state index is 13.1. The minimum Gasteiger partial charge on any atom is -0.341 e. The van der Waals surface area contributed by atoms with Crippen LogP contribution in [0.2, 0.25) is 0 Å². The van der Waals surface area contributed by atoms with Crippen LogP contribution in [0.4, 0.5) is 4.39 Å². The molecule has 0 radical (unpaired) electrons. The topological polar surface area (TPSA) is 20.3 Å². The molecule has 2 nitrogen and oxygen atoms in total. The molecule has 1 aromatic carbocycles. The van der Waals surface area contributed by atoms with E-state index in [9.17, 15) is 9.18 Å². The summed E-state index contributed by atoms with van der Waals surface area (Å²) in [6, 6.07) is 8.48. The summed E-state index contributed by atoms with van der Waals surface area (Å²) >= 11 is 1.67. The van der Waals surface area contributed by atoms with Crippen LogP contribution in [0.25, 0.3) is 0 Å². The number of carbonyl (C=O) groups excluding carboxylic acids is 1. The van der Waals surface area contributed by atoms with Crippen LogP contribution in [0.3, 0.4) is 0 Å². The predicted molar refractivity (Wildman–Crippen MR) is 80.3 cm³/mol. The van der Waals surface area contributed by atoms with E-state index in [1.54, 1.807) is 22.3 Å². The zero-order valence-corrected chi connectivity index (χ0v) is 12.5. The van der Waals surface area contributed by atoms with Crippen LogP contribution in [-0.4, -0.2) is 17.9 Å². The first-order valence-corrected chi connectivity index (χ1v) is 7.45. The van der Waals surface area contributed by atoms with Crippen molar-refractivity contribution in [1.82, 2.24) is 4.90 Å². The summed E-state index contributed by atoms with van der Waals surface area (Å²) in [6.45, 7) is 2.70. The maximum absolute atomic E-state index is 13.1. The average molecular weight is 291 g/mol. The number of nitrogens with zero attached hydrogens (tertiary/aromatic N) is 1. The average Bonchev–Trinajstić information content (AvgIpc) is 2.81. The zero-order valence-electron chi connectivity index (χ0n) is 11.7. The van der Waals surface area contributed by atoms with Gasteiger partial charge in [-0.1, -0.05) is 12.1 Å². The molecule has 1 heterocycles. The monoisotopic (exact) mass is 291 g/mol. The highest BCUT2D eigenvalue weighted by Gasteiger charge is 2.11. The van der Waals surface area contributed by atoms with E-state index in [1.807, 2.05) is 18.5 Å². The molecule has 0 bridgehead atoms. The molecule has 20 heavy (non-hydrogen) atoms. The van der Waals surface area contributed by atoms with E-state index >= 15 is 0 Å². The summed E-state index contributed by atoms with van der Waals surface area (Å²) in [6.07, 6.45) is 0.981. The van der Waals surface area contributed by atoms with Crippen molar-refractivity contribution in [3.05, 3.63) is 57.5 Å². The quantitative estimate of drug-likeness (QED) is 0.821. The number of aryl methyl sites for hydroxylation is 2. The van der Waals surface area contributed by atoms with E-state index in [-0.39, 0.29) is 11.7 Å². The number of hydrogen-bond donors (Lipinski definition) is 0. The van der Waals surface area contributed by atoms with Crippen LogP contribution in [-0.2, 0) is 17.8 Å². The number of thiophene rings is 1. The highest BCUT2D eigenvalue weighted by molar-refractivity contribution is 7.10. The van der Waals surface area contributed by atoms with Crippen LogP contribution >= 0.6 is 11.3 Å². The van der Waals surface area contributed by atoms with Crippen molar-refractivity contribution in [2.75, 3.05) is 7.05 Å². The van der Waals surface area contributed by atoms with Crippen molar-refractivity contribution >= 4 is 17.2 Å². The van der Waals surface area contributed by atoms with E-state index in [0.29, 0.717) is 19.4 Å². The molecule has 2 rings (SSSR count). The molecule has 106 valence electrons. The molecule has 0 atom stereocenters. The third-order valence-corrected chi connectivity index (χ3v) is 4.30. The predicted octanol–water partition coefficient (Wildman–Crippen LogP) is 3.79. The van der Waals surface area contributed by atoms with Crippen molar-refractivity contribution in [2.24, 2.45) is 0 Å². The lowest BCUT2D eigenvalue weighted by molar-refractivity contribution is -0.130. The molecule has 0 aliphatic rings. The molecular formula is C16H18FNOS. The van der Waals surface area contributed by atoms with Crippen LogP contribution in [0.15, 0.2) is 35.7 Å². The lowest BCUT2D eigenvalue weighted by Crippen LogP contribution is -2.26. The molecule has 0 saturated heterocycles. The number of benzene rings is 1. The van der Waals surface area contributed by atoms with Gasteiger partial charge in [0.1, 0.15) is 5.82 Å². The van der Waals surface area contributed by atoms with E-state index in [4.69, 9.17) is 0 Å². The van der Waals surface area contributed by atoms with Crippen LogP contribution in [0.1, 0.15) is 22.4 Å². The Hall–Kier alpha value is -1.68.